The van der Waals surface area contributed by atoms with Crippen molar-refractivity contribution in [1.29, 1.82) is 0 Å². The molecule has 0 aliphatic rings. The zero-order valence-corrected chi connectivity index (χ0v) is 16.7. The summed E-state index contributed by atoms with van der Waals surface area (Å²) in [6, 6.07) is 8.51. The molecule has 1 heterocycles. The number of amides is 2. The summed E-state index contributed by atoms with van der Waals surface area (Å²) in [4.78, 5) is 39.3. The number of rotatable bonds is 7. The topological polar surface area (TPSA) is 66.5 Å². The SMILES string of the molecule is Cc1ccc(C(=O)CCC(=O)N(C)CC(=O)Nc2c(Cl)cccc2Cl)s1. The highest BCUT2D eigenvalue weighted by Gasteiger charge is 2.17. The quantitative estimate of drug-likeness (QED) is 0.684. The van der Waals surface area contributed by atoms with Gasteiger partial charge in [0.05, 0.1) is 27.2 Å². The van der Waals surface area contributed by atoms with Crippen molar-refractivity contribution in [3.8, 4) is 0 Å². The molecule has 26 heavy (non-hydrogen) atoms. The smallest absolute Gasteiger partial charge is 0.244 e. The number of ketones is 1. The molecule has 0 aliphatic heterocycles. The molecule has 2 aromatic rings. The van der Waals surface area contributed by atoms with Crippen LogP contribution in [0.2, 0.25) is 10.0 Å². The fourth-order valence-electron chi connectivity index (χ4n) is 2.22. The van der Waals surface area contributed by atoms with Gasteiger partial charge in [0.15, 0.2) is 5.78 Å². The van der Waals surface area contributed by atoms with Crippen LogP contribution in [0, 0.1) is 6.92 Å². The van der Waals surface area contributed by atoms with Gasteiger partial charge in [0.1, 0.15) is 0 Å². The molecule has 0 saturated heterocycles. The van der Waals surface area contributed by atoms with Gasteiger partial charge in [-0.25, -0.2) is 0 Å². The van der Waals surface area contributed by atoms with E-state index in [2.05, 4.69) is 5.32 Å². The Morgan fingerprint density at radius 3 is 2.31 bits per heavy atom. The van der Waals surface area contributed by atoms with E-state index in [0.29, 0.717) is 20.6 Å². The second-order valence-corrected chi connectivity index (χ2v) is 7.83. The predicted molar refractivity (Wildman–Crippen MR) is 105 cm³/mol. The lowest BCUT2D eigenvalue weighted by atomic mass is 10.2. The lowest BCUT2D eigenvalue weighted by Gasteiger charge is -2.17. The maximum atomic E-state index is 12.2. The number of anilines is 1. The number of nitrogens with zero attached hydrogens (tertiary/aromatic N) is 1. The minimum absolute atomic E-state index is 0.0480. The van der Waals surface area contributed by atoms with Gasteiger partial charge in [-0.3, -0.25) is 14.4 Å². The molecule has 2 amide bonds. The van der Waals surface area contributed by atoms with Gasteiger partial charge in [0.2, 0.25) is 11.8 Å². The Hall–Kier alpha value is -1.89. The molecule has 0 atom stereocenters. The van der Waals surface area contributed by atoms with Crippen LogP contribution in [0.3, 0.4) is 0 Å². The van der Waals surface area contributed by atoms with Crippen molar-refractivity contribution in [2.24, 2.45) is 0 Å². The van der Waals surface area contributed by atoms with Crippen molar-refractivity contribution in [2.45, 2.75) is 19.8 Å². The zero-order valence-electron chi connectivity index (χ0n) is 14.3. The molecule has 8 heteroatoms. The summed E-state index contributed by atoms with van der Waals surface area (Å²) < 4.78 is 0. The first-order chi connectivity index (χ1) is 12.3. The Balaban J connectivity index is 1.84. The van der Waals surface area contributed by atoms with Crippen molar-refractivity contribution in [2.75, 3.05) is 18.9 Å². The van der Waals surface area contributed by atoms with Gasteiger partial charge >= 0.3 is 0 Å². The number of hydrogen-bond donors (Lipinski definition) is 1. The molecule has 5 nitrogen and oxygen atoms in total. The maximum Gasteiger partial charge on any atom is 0.244 e. The third-order valence-corrected chi connectivity index (χ3v) is 5.29. The van der Waals surface area contributed by atoms with Crippen molar-refractivity contribution >= 4 is 57.8 Å². The number of nitrogens with one attached hydrogen (secondary N) is 1. The molecule has 1 N–H and O–H groups in total. The molecule has 0 unspecified atom stereocenters. The minimum atomic E-state index is -0.420. The Bertz CT molecular complexity index is 815. The Morgan fingerprint density at radius 1 is 1.08 bits per heavy atom. The van der Waals surface area contributed by atoms with Crippen LogP contribution in [0.4, 0.5) is 5.69 Å². The first-order valence-electron chi connectivity index (χ1n) is 7.85. The van der Waals surface area contributed by atoms with E-state index in [1.165, 1.54) is 23.3 Å². The van der Waals surface area contributed by atoms with Crippen molar-refractivity contribution < 1.29 is 14.4 Å². The summed E-state index contributed by atoms with van der Waals surface area (Å²) in [5, 5.41) is 3.23. The van der Waals surface area contributed by atoms with Crippen LogP contribution < -0.4 is 5.32 Å². The molecule has 0 spiro atoms. The summed E-state index contributed by atoms with van der Waals surface area (Å²) >= 11 is 13.4. The number of hydrogen-bond acceptors (Lipinski definition) is 4. The van der Waals surface area contributed by atoms with Gasteiger partial charge < -0.3 is 10.2 Å². The van der Waals surface area contributed by atoms with Crippen LogP contribution in [-0.2, 0) is 9.59 Å². The fourth-order valence-corrected chi connectivity index (χ4v) is 3.55. The molecule has 1 aromatic carbocycles. The van der Waals surface area contributed by atoms with Crippen molar-refractivity contribution in [3.63, 3.8) is 0 Å². The number of carbonyl (C=O) groups excluding carboxylic acids is 3. The lowest BCUT2D eigenvalue weighted by molar-refractivity contribution is -0.133. The van der Waals surface area contributed by atoms with Crippen LogP contribution >= 0.6 is 34.5 Å². The van der Waals surface area contributed by atoms with Crippen molar-refractivity contribution in [1.82, 2.24) is 4.90 Å². The maximum absolute atomic E-state index is 12.2. The second kappa shape index (κ2) is 9.16. The van der Waals surface area contributed by atoms with E-state index < -0.39 is 5.91 Å². The molecule has 0 bridgehead atoms. The minimum Gasteiger partial charge on any atom is -0.336 e. The number of para-hydroxylation sites is 1. The summed E-state index contributed by atoms with van der Waals surface area (Å²) in [6.45, 7) is 1.76. The van der Waals surface area contributed by atoms with Gasteiger partial charge in [-0.05, 0) is 31.2 Å². The highest BCUT2D eigenvalue weighted by Crippen LogP contribution is 2.29. The fraction of sp³-hybridized carbons (Fsp3) is 0.278. The van der Waals surface area contributed by atoms with Crippen LogP contribution in [0.1, 0.15) is 27.4 Å². The van der Waals surface area contributed by atoms with E-state index in [1.807, 2.05) is 13.0 Å². The van der Waals surface area contributed by atoms with Crippen LogP contribution in [0.25, 0.3) is 0 Å². The van der Waals surface area contributed by atoms with E-state index in [-0.39, 0.29) is 31.1 Å². The van der Waals surface area contributed by atoms with Gasteiger partial charge in [0, 0.05) is 24.8 Å². The highest BCUT2D eigenvalue weighted by molar-refractivity contribution is 7.14. The normalized spacial score (nSPS) is 10.5. The molecular weight excluding hydrogens is 395 g/mol. The van der Waals surface area contributed by atoms with Crippen LogP contribution in [0.15, 0.2) is 30.3 Å². The molecule has 0 aliphatic carbocycles. The average Bonchev–Trinajstić information content (AvgIpc) is 3.02. The van der Waals surface area contributed by atoms with E-state index >= 15 is 0 Å². The first kappa shape index (κ1) is 20.4. The molecule has 0 saturated carbocycles. The van der Waals surface area contributed by atoms with Crippen LogP contribution in [-0.4, -0.2) is 36.1 Å². The third-order valence-electron chi connectivity index (χ3n) is 3.61. The van der Waals surface area contributed by atoms with Gasteiger partial charge in [-0.2, -0.15) is 0 Å². The number of likely N-dealkylation sites (N-methyl/N-ethyl adjacent to an activating group) is 1. The predicted octanol–water partition coefficient (Wildman–Crippen LogP) is 4.42. The van der Waals surface area contributed by atoms with Gasteiger partial charge in [0.25, 0.3) is 0 Å². The number of Topliss-reactive ketones (excluding diaryl/α,β-unsaturated/α-hetero) is 1. The average molecular weight is 413 g/mol. The third kappa shape index (κ3) is 5.56. The van der Waals surface area contributed by atoms with Crippen molar-refractivity contribution in [3.05, 3.63) is 50.1 Å². The van der Waals surface area contributed by atoms with E-state index in [0.717, 1.165) is 4.88 Å². The molecule has 138 valence electrons. The standard InChI is InChI=1S/C18H18Cl2N2O3S/c1-11-6-8-15(26-11)14(23)7-9-17(25)22(2)10-16(24)21-18-12(19)4-3-5-13(18)20/h3-6,8H,7,9-10H2,1-2H3,(H,21,24). The number of halogens is 2. The summed E-state index contributed by atoms with van der Waals surface area (Å²) in [6.07, 6.45) is 0.160. The highest BCUT2D eigenvalue weighted by atomic mass is 35.5. The van der Waals surface area contributed by atoms with E-state index in [9.17, 15) is 14.4 Å². The first-order valence-corrected chi connectivity index (χ1v) is 9.42. The largest absolute Gasteiger partial charge is 0.336 e. The monoisotopic (exact) mass is 412 g/mol. The Kier molecular flexibility index (Phi) is 7.20. The summed E-state index contributed by atoms with van der Waals surface area (Å²) in [5.74, 6) is -0.778. The van der Waals surface area contributed by atoms with E-state index in [4.69, 9.17) is 23.2 Å². The molecule has 0 radical (unpaired) electrons. The zero-order chi connectivity index (χ0) is 19.3. The molecule has 0 fully saturated rings. The Morgan fingerprint density at radius 2 is 1.73 bits per heavy atom. The number of aryl methyl sites for hydroxylation is 1. The Labute approximate surface area is 165 Å². The summed E-state index contributed by atoms with van der Waals surface area (Å²) in [7, 11) is 1.51. The molecule has 1 aromatic heterocycles. The van der Waals surface area contributed by atoms with Crippen LogP contribution in [0.5, 0.6) is 0 Å². The molecule has 2 rings (SSSR count). The second-order valence-electron chi connectivity index (χ2n) is 5.73. The summed E-state index contributed by atoms with van der Waals surface area (Å²) in [5.41, 5.74) is 0.310. The van der Waals surface area contributed by atoms with Gasteiger partial charge in [-0.1, -0.05) is 29.3 Å². The number of thiophene rings is 1. The lowest BCUT2D eigenvalue weighted by Crippen LogP contribution is -2.35. The van der Waals surface area contributed by atoms with E-state index in [1.54, 1.807) is 24.3 Å². The number of carbonyl (C=O) groups is 3. The number of benzene rings is 1. The van der Waals surface area contributed by atoms with Gasteiger partial charge in [-0.15, -0.1) is 11.3 Å². The molecular formula is C18H18Cl2N2O3S.